The normalized spacial score (nSPS) is 43.0. The monoisotopic (exact) mass is 490 g/mol. The number of aliphatic hydroxyl groups is 2. The van der Waals surface area contributed by atoms with Crippen molar-refractivity contribution in [2.45, 2.75) is 104 Å². The van der Waals surface area contributed by atoms with Crippen molar-refractivity contribution in [2.75, 3.05) is 0 Å². The third-order valence-corrected chi connectivity index (χ3v) is 12.1. The van der Waals surface area contributed by atoms with Crippen molar-refractivity contribution in [2.24, 2.45) is 46.3 Å². The first-order valence-electron chi connectivity index (χ1n) is 14.8. The van der Waals surface area contributed by atoms with Crippen LogP contribution in [0.1, 0.15) is 90.1 Å². The summed E-state index contributed by atoms with van der Waals surface area (Å²) in [5.41, 5.74) is 2.79. The third kappa shape index (κ3) is 3.85. The second-order valence-electron chi connectivity index (χ2n) is 13.7. The van der Waals surface area contributed by atoms with E-state index in [-0.39, 0.29) is 12.2 Å². The van der Waals surface area contributed by atoms with Crippen molar-refractivity contribution < 1.29 is 10.2 Å². The lowest BCUT2D eigenvalue weighted by atomic mass is 9.43. The molecule has 10 atom stereocenters. The topological polar surface area (TPSA) is 66.2 Å². The van der Waals surface area contributed by atoms with Gasteiger partial charge in [0.1, 0.15) is 5.82 Å². The van der Waals surface area contributed by atoms with E-state index >= 15 is 0 Å². The van der Waals surface area contributed by atoms with Gasteiger partial charge in [-0.05, 0) is 117 Å². The molecule has 2 aromatic rings. The lowest BCUT2D eigenvalue weighted by molar-refractivity contribution is -0.174. The number of aromatic nitrogens is 2. The molecule has 4 aliphatic carbocycles. The number of benzene rings is 1. The van der Waals surface area contributed by atoms with E-state index in [1.54, 1.807) is 0 Å². The Morgan fingerprint density at radius 1 is 0.944 bits per heavy atom. The summed E-state index contributed by atoms with van der Waals surface area (Å²) in [5, 5.41) is 23.0. The highest BCUT2D eigenvalue weighted by atomic mass is 16.3. The van der Waals surface area contributed by atoms with E-state index in [9.17, 15) is 10.2 Å². The number of aryl methyl sites for hydroxylation is 2. The molecule has 0 radical (unpaired) electrons. The van der Waals surface area contributed by atoms with E-state index in [1.165, 1.54) is 25.7 Å². The fraction of sp³-hybridized carbons (Fsp3) is 0.750. The Bertz CT molecular complexity index is 1120. The fourth-order valence-electron chi connectivity index (χ4n) is 10.1. The summed E-state index contributed by atoms with van der Waals surface area (Å²) in [5.74, 6) is 4.55. The maximum absolute atomic E-state index is 11.5. The molecule has 2 N–H and O–H groups in total. The van der Waals surface area contributed by atoms with Crippen LogP contribution < -0.4 is 0 Å². The lowest BCUT2D eigenvalue weighted by Gasteiger charge is -2.62. The summed E-state index contributed by atoms with van der Waals surface area (Å²) in [4.78, 5) is 9.74. The molecule has 4 heteroatoms. The number of hydrogen-bond donors (Lipinski definition) is 2. The first-order chi connectivity index (χ1) is 17.2. The van der Waals surface area contributed by atoms with Gasteiger partial charge in [-0.25, -0.2) is 9.97 Å². The molecule has 6 rings (SSSR count). The first kappa shape index (κ1) is 24.8. The van der Waals surface area contributed by atoms with Crippen molar-refractivity contribution in [3.05, 3.63) is 35.8 Å². The van der Waals surface area contributed by atoms with Gasteiger partial charge >= 0.3 is 0 Å². The van der Waals surface area contributed by atoms with Crippen LogP contribution >= 0.6 is 0 Å². The molecule has 0 amide bonds. The van der Waals surface area contributed by atoms with Gasteiger partial charge in [0.2, 0.25) is 0 Å². The minimum atomic E-state index is -0.189. The van der Waals surface area contributed by atoms with Gasteiger partial charge in [-0.1, -0.05) is 39.0 Å². The molecular formula is C32H46N2O2. The molecule has 1 unspecified atom stereocenters. The second-order valence-corrected chi connectivity index (χ2v) is 13.7. The molecule has 4 saturated carbocycles. The van der Waals surface area contributed by atoms with Crippen LogP contribution in [-0.4, -0.2) is 32.4 Å². The minimum absolute atomic E-state index is 0.159. The van der Waals surface area contributed by atoms with Gasteiger partial charge < -0.3 is 10.2 Å². The molecule has 4 nitrogen and oxygen atoms in total. The van der Waals surface area contributed by atoms with Crippen LogP contribution in [0.2, 0.25) is 0 Å². The SMILES string of the molecule is Cc1nc(CC[C@@H](C)[C@H]2CC[C@H]3[C@H]4C(CC[C@]23C)[C@@]2(C)CC[C@@H](O)C[C@H]2C[C@H]4O)nc2ccccc12. The molecule has 196 valence electrons. The summed E-state index contributed by atoms with van der Waals surface area (Å²) in [6.45, 7) is 9.65. The second kappa shape index (κ2) is 9.05. The predicted octanol–water partition coefficient (Wildman–Crippen LogP) is 6.50. The molecule has 0 aliphatic heterocycles. The van der Waals surface area contributed by atoms with Gasteiger partial charge in [-0.2, -0.15) is 0 Å². The molecule has 36 heavy (non-hydrogen) atoms. The molecule has 0 bridgehead atoms. The van der Waals surface area contributed by atoms with E-state index < -0.39 is 0 Å². The summed E-state index contributed by atoms with van der Waals surface area (Å²) >= 11 is 0. The molecule has 4 fully saturated rings. The van der Waals surface area contributed by atoms with Crippen molar-refractivity contribution in [3.63, 3.8) is 0 Å². The number of fused-ring (bicyclic) bond motifs is 6. The maximum Gasteiger partial charge on any atom is 0.129 e. The quantitative estimate of drug-likeness (QED) is 0.513. The largest absolute Gasteiger partial charge is 0.393 e. The Balaban J connectivity index is 1.18. The molecule has 4 aliphatic rings. The smallest absolute Gasteiger partial charge is 0.129 e. The Morgan fingerprint density at radius 2 is 1.69 bits per heavy atom. The number of hydrogen-bond acceptors (Lipinski definition) is 4. The number of para-hydroxylation sites is 1. The zero-order valence-corrected chi connectivity index (χ0v) is 22.8. The van der Waals surface area contributed by atoms with E-state index in [1.807, 2.05) is 0 Å². The Kier molecular flexibility index (Phi) is 6.23. The summed E-state index contributed by atoms with van der Waals surface area (Å²) in [7, 11) is 0. The van der Waals surface area contributed by atoms with Crippen LogP contribution in [0.25, 0.3) is 10.9 Å². The average Bonchev–Trinajstić information content (AvgIpc) is 3.21. The number of nitrogens with zero attached hydrogens (tertiary/aromatic N) is 2. The zero-order chi connectivity index (χ0) is 25.2. The van der Waals surface area contributed by atoms with Crippen LogP contribution in [0.4, 0.5) is 0 Å². The van der Waals surface area contributed by atoms with Gasteiger partial charge in [0.05, 0.1) is 17.7 Å². The highest BCUT2D eigenvalue weighted by molar-refractivity contribution is 5.80. The molecule has 1 aromatic heterocycles. The molecule has 1 aromatic carbocycles. The van der Waals surface area contributed by atoms with Gasteiger partial charge in [0.15, 0.2) is 0 Å². The van der Waals surface area contributed by atoms with E-state index in [2.05, 4.69) is 52.0 Å². The highest BCUT2D eigenvalue weighted by Crippen LogP contribution is 2.68. The summed E-state index contributed by atoms with van der Waals surface area (Å²) in [6.07, 6.45) is 10.8. The Labute approximate surface area is 217 Å². The zero-order valence-electron chi connectivity index (χ0n) is 22.8. The van der Waals surface area contributed by atoms with Crippen molar-refractivity contribution in [3.8, 4) is 0 Å². The standard InChI is InChI=1S/C32H46N2O2/c1-19(9-12-29-33-20(2)23-7-5-6-8-27(23)34-29)24-10-11-25-30-26(14-16-32(24,25)4)31(3)15-13-22(35)17-21(31)18-28(30)36/h5-8,19,21-22,24-26,28,30,35-36H,9-18H2,1-4H3/t19-,21+,22-,24-,25+,26?,28-,30+,31+,32-/m1/s1. The minimum Gasteiger partial charge on any atom is -0.393 e. The lowest BCUT2D eigenvalue weighted by Crippen LogP contribution is -2.58. The highest BCUT2D eigenvalue weighted by Gasteiger charge is 2.62. The van der Waals surface area contributed by atoms with Crippen LogP contribution in [0, 0.1) is 53.3 Å². The van der Waals surface area contributed by atoms with Crippen molar-refractivity contribution in [1.29, 1.82) is 0 Å². The molecule has 0 saturated heterocycles. The Hall–Kier alpha value is -1.52. The number of aliphatic hydroxyl groups excluding tert-OH is 2. The van der Waals surface area contributed by atoms with Gasteiger partial charge in [-0.15, -0.1) is 0 Å². The first-order valence-corrected chi connectivity index (χ1v) is 14.8. The van der Waals surface area contributed by atoms with Crippen LogP contribution in [0.3, 0.4) is 0 Å². The predicted molar refractivity (Wildman–Crippen MR) is 144 cm³/mol. The van der Waals surface area contributed by atoms with Gasteiger partial charge in [-0.3, -0.25) is 0 Å². The maximum atomic E-state index is 11.5. The van der Waals surface area contributed by atoms with E-state index in [4.69, 9.17) is 9.97 Å². The Morgan fingerprint density at radius 3 is 2.53 bits per heavy atom. The summed E-state index contributed by atoms with van der Waals surface area (Å²) < 4.78 is 0. The van der Waals surface area contributed by atoms with Crippen LogP contribution in [-0.2, 0) is 6.42 Å². The third-order valence-electron chi connectivity index (χ3n) is 12.1. The summed E-state index contributed by atoms with van der Waals surface area (Å²) in [6, 6.07) is 8.35. The van der Waals surface area contributed by atoms with Gasteiger partial charge in [0.25, 0.3) is 0 Å². The van der Waals surface area contributed by atoms with Crippen molar-refractivity contribution in [1.82, 2.24) is 9.97 Å². The van der Waals surface area contributed by atoms with Crippen molar-refractivity contribution >= 4 is 10.9 Å². The fourth-order valence-corrected chi connectivity index (χ4v) is 10.1. The number of rotatable bonds is 4. The molecular weight excluding hydrogens is 444 g/mol. The van der Waals surface area contributed by atoms with Crippen LogP contribution in [0.15, 0.2) is 24.3 Å². The van der Waals surface area contributed by atoms with Gasteiger partial charge in [0, 0.05) is 17.5 Å². The van der Waals surface area contributed by atoms with E-state index in [0.717, 1.165) is 66.9 Å². The van der Waals surface area contributed by atoms with E-state index in [0.29, 0.717) is 40.4 Å². The molecule has 1 heterocycles. The average molecular weight is 491 g/mol. The van der Waals surface area contributed by atoms with Crippen LogP contribution in [0.5, 0.6) is 0 Å². The molecule has 0 spiro atoms.